The van der Waals surface area contributed by atoms with E-state index in [0.29, 0.717) is 19.3 Å². The number of ether oxygens (including phenoxy) is 3. The van der Waals surface area contributed by atoms with Crippen LogP contribution in [0.1, 0.15) is 303 Å². The smallest absolute Gasteiger partial charge is 0.462 e. The quantitative estimate of drug-likeness (QED) is 0.0197. The summed E-state index contributed by atoms with van der Waals surface area (Å²) < 4.78 is 39.6. The van der Waals surface area contributed by atoms with Gasteiger partial charge in [0.25, 0.3) is 0 Å². The van der Waals surface area contributed by atoms with Gasteiger partial charge in [0.05, 0.1) is 19.8 Å². The summed E-state index contributed by atoms with van der Waals surface area (Å²) in [5.41, 5.74) is 0. The number of carbonyl (C=O) groups excluding carboxylic acids is 3. The van der Waals surface area contributed by atoms with Crippen LogP contribution in [0.2, 0.25) is 0 Å². The molecule has 0 spiro atoms. The highest BCUT2D eigenvalue weighted by Crippen LogP contribution is 2.43. The predicted octanol–water partition coefficient (Wildman–Crippen LogP) is 18.4. The van der Waals surface area contributed by atoms with Crippen molar-refractivity contribution < 1.29 is 52.2 Å². The monoisotopic (exact) mass is 1070 g/mol. The Morgan fingerprint density at radius 2 is 0.676 bits per heavy atom. The minimum absolute atomic E-state index is 0.164. The van der Waals surface area contributed by atoms with E-state index in [1.165, 1.54) is 154 Å². The number of allylic oxidation sites excluding steroid dienone is 6. The minimum atomic E-state index is -4.75. The zero-order chi connectivity index (χ0) is 54.1. The number of aliphatic hydroxyl groups excluding tert-OH is 1. The van der Waals surface area contributed by atoms with E-state index in [2.05, 4.69) is 57.2 Å². The fourth-order valence-corrected chi connectivity index (χ4v) is 9.57. The van der Waals surface area contributed by atoms with E-state index < -0.39 is 57.8 Å². The van der Waals surface area contributed by atoms with E-state index in [1.807, 2.05) is 0 Å². The molecule has 0 aromatic rings. The number of carbonyl (C=O) groups is 3. The van der Waals surface area contributed by atoms with Gasteiger partial charge < -0.3 is 24.2 Å². The first-order valence-corrected chi connectivity index (χ1v) is 32.4. The van der Waals surface area contributed by atoms with Gasteiger partial charge >= 0.3 is 25.7 Å². The molecule has 0 rings (SSSR count). The Morgan fingerprint density at radius 1 is 0.378 bits per heavy atom. The fraction of sp³-hybridized carbons (Fsp3) is 0.855. The number of aliphatic hydroxyl groups is 1. The van der Waals surface area contributed by atoms with Crippen LogP contribution in [0.15, 0.2) is 36.5 Å². The molecule has 74 heavy (non-hydrogen) atoms. The fourth-order valence-electron chi connectivity index (χ4n) is 8.78. The van der Waals surface area contributed by atoms with Crippen molar-refractivity contribution in [1.82, 2.24) is 0 Å². The summed E-state index contributed by atoms with van der Waals surface area (Å²) in [7, 11) is -4.75. The van der Waals surface area contributed by atoms with E-state index in [9.17, 15) is 28.9 Å². The third-order valence-corrected chi connectivity index (χ3v) is 14.5. The van der Waals surface area contributed by atoms with E-state index >= 15 is 0 Å². The molecule has 3 unspecified atom stereocenters. The molecule has 11 nitrogen and oxygen atoms in total. The Kier molecular flexibility index (Phi) is 55.1. The average Bonchev–Trinajstić information content (AvgIpc) is 3.39. The van der Waals surface area contributed by atoms with Crippen LogP contribution in [0.25, 0.3) is 0 Å². The second kappa shape index (κ2) is 56.9. The van der Waals surface area contributed by atoms with E-state index in [0.717, 1.165) is 89.9 Å². The third-order valence-electron chi connectivity index (χ3n) is 13.5. The van der Waals surface area contributed by atoms with E-state index in [4.69, 9.17) is 23.3 Å². The Balaban J connectivity index is 4.61. The van der Waals surface area contributed by atoms with Crippen LogP contribution in [0.4, 0.5) is 0 Å². The number of esters is 3. The zero-order valence-electron chi connectivity index (χ0n) is 48.1. The lowest BCUT2D eigenvalue weighted by atomic mass is 10.0. The van der Waals surface area contributed by atoms with Crippen molar-refractivity contribution in [3.63, 3.8) is 0 Å². The van der Waals surface area contributed by atoms with Gasteiger partial charge in [-0.3, -0.25) is 23.4 Å². The molecule has 0 saturated carbocycles. The maximum atomic E-state index is 12.9. The number of hydrogen-bond donors (Lipinski definition) is 2. The Morgan fingerprint density at radius 3 is 1.08 bits per heavy atom. The molecule has 0 aliphatic rings. The van der Waals surface area contributed by atoms with Crippen molar-refractivity contribution in [2.75, 3.05) is 26.4 Å². The molecular weight excluding hydrogens is 952 g/mol. The number of hydrogen-bond acceptors (Lipinski definition) is 10. The molecule has 0 fully saturated rings. The minimum Gasteiger partial charge on any atom is -0.462 e. The number of phosphoric acid groups is 1. The summed E-state index contributed by atoms with van der Waals surface area (Å²) in [6.07, 6.45) is 59.6. The molecule has 3 atom stereocenters. The molecule has 0 heterocycles. The van der Waals surface area contributed by atoms with Crippen LogP contribution in [0.3, 0.4) is 0 Å². The lowest BCUT2D eigenvalue weighted by Gasteiger charge is -2.21. The van der Waals surface area contributed by atoms with Gasteiger partial charge in [0.2, 0.25) is 0 Å². The zero-order valence-corrected chi connectivity index (χ0v) is 49.0. The standard InChI is InChI=1S/C62H115O11P/c1-4-7-10-13-16-19-22-24-26-28-29-31-33-35-38-41-44-47-50-53-62(66)73-59(55-69-60(64)51-48-45-42-39-36-21-18-15-12-9-6-3)57-71-74(67,68)70-56-58(54-63)72-61(65)52-49-46-43-40-37-34-32-30-27-25-23-20-17-14-11-8-5-2/h15-16,18-19,24,26,58-59,63H,4-14,17,20-23,25,27-57H2,1-3H3,(H,67,68)/b18-15-,19-16-,26-24-. The van der Waals surface area contributed by atoms with Crippen LogP contribution in [0, 0.1) is 0 Å². The molecule has 0 aromatic heterocycles. The molecule has 434 valence electrons. The van der Waals surface area contributed by atoms with Crippen LogP contribution in [0.5, 0.6) is 0 Å². The predicted molar refractivity (Wildman–Crippen MR) is 307 cm³/mol. The maximum absolute atomic E-state index is 12.9. The SMILES string of the molecule is CCCC/C=C\CCCCCCCC(=O)OCC(COP(=O)(O)OCC(CO)OC(=O)CCCCCCCCCCCCCCCCCCC)OC(=O)CCCCCCCCCCC/C=C\C/C=C\CCCCC. The van der Waals surface area contributed by atoms with Crippen molar-refractivity contribution in [2.24, 2.45) is 0 Å². The van der Waals surface area contributed by atoms with Crippen LogP contribution >= 0.6 is 7.82 Å². The maximum Gasteiger partial charge on any atom is 0.472 e. The lowest BCUT2D eigenvalue weighted by molar-refractivity contribution is -0.161. The second-order valence-electron chi connectivity index (χ2n) is 20.9. The van der Waals surface area contributed by atoms with Gasteiger partial charge in [-0.15, -0.1) is 0 Å². The summed E-state index contributed by atoms with van der Waals surface area (Å²) in [4.78, 5) is 48.6. The summed E-state index contributed by atoms with van der Waals surface area (Å²) in [5.74, 6) is -1.46. The largest absolute Gasteiger partial charge is 0.472 e. The molecule has 0 radical (unpaired) electrons. The highest BCUT2D eigenvalue weighted by Gasteiger charge is 2.28. The van der Waals surface area contributed by atoms with Crippen molar-refractivity contribution in [2.45, 2.75) is 315 Å². The molecule has 0 bridgehead atoms. The normalized spacial score (nSPS) is 13.5. The molecule has 0 aliphatic carbocycles. The second-order valence-corrected chi connectivity index (χ2v) is 22.3. The summed E-state index contributed by atoms with van der Waals surface area (Å²) in [6.45, 7) is 4.62. The van der Waals surface area contributed by atoms with Crippen LogP contribution in [-0.4, -0.2) is 66.5 Å². The molecule has 0 amide bonds. The molecule has 0 aliphatic heterocycles. The Labute approximate surface area is 454 Å². The van der Waals surface area contributed by atoms with Crippen molar-refractivity contribution in [3.8, 4) is 0 Å². The third kappa shape index (κ3) is 54.5. The topological polar surface area (TPSA) is 155 Å². The van der Waals surface area contributed by atoms with Crippen molar-refractivity contribution in [1.29, 1.82) is 0 Å². The first kappa shape index (κ1) is 71.7. The number of unbranched alkanes of at least 4 members (excludes halogenated alkanes) is 35. The van der Waals surface area contributed by atoms with Gasteiger partial charge in [-0.1, -0.05) is 250 Å². The van der Waals surface area contributed by atoms with Crippen molar-refractivity contribution >= 4 is 25.7 Å². The number of rotatable bonds is 58. The highest BCUT2D eigenvalue weighted by atomic mass is 31.2. The molecule has 12 heteroatoms. The first-order chi connectivity index (χ1) is 36.2. The molecule has 0 aromatic carbocycles. The van der Waals surface area contributed by atoms with Gasteiger partial charge in [0.15, 0.2) is 6.10 Å². The summed E-state index contributed by atoms with van der Waals surface area (Å²) in [5, 5.41) is 9.83. The van der Waals surface area contributed by atoms with Crippen LogP contribution < -0.4 is 0 Å². The Bertz CT molecular complexity index is 1380. The van der Waals surface area contributed by atoms with Gasteiger partial charge in [-0.25, -0.2) is 4.57 Å². The molecular formula is C62H115O11P. The van der Waals surface area contributed by atoms with Gasteiger partial charge in [0.1, 0.15) is 12.7 Å². The van der Waals surface area contributed by atoms with Crippen molar-refractivity contribution in [3.05, 3.63) is 36.5 Å². The molecule has 0 saturated heterocycles. The van der Waals surface area contributed by atoms with E-state index in [1.54, 1.807) is 0 Å². The van der Waals surface area contributed by atoms with Crippen LogP contribution in [-0.2, 0) is 42.2 Å². The molecule has 2 N–H and O–H groups in total. The summed E-state index contributed by atoms with van der Waals surface area (Å²) in [6, 6.07) is 0. The highest BCUT2D eigenvalue weighted by molar-refractivity contribution is 7.47. The van der Waals surface area contributed by atoms with Gasteiger partial charge in [-0.2, -0.15) is 0 Å². The number of phosphoric ester groups is 1. The average molecular weight is 1070 g/mol. The lowest BCUT2D eigenvalue weighted by Crippen LogP contribution is -2.30. The van der Waals surface area contributed by atoms with Gasteiger partial charge in [-0.05, 0) is 70.6 Å². The van der Waals surface area contributed by atoms with Gasteiger partial charge in [0, 0.05) is 19.3 Å². The summed E-state index contributed by atoms with van der Waals surface area (Å²) >= 11 is 0. The first-order valence-electron chi connectivity index (χ1n) is 30.9. The van der Waals surface area contributed by atoms with E-state index in [-0.39, 0.29) is 25.9 Å². The Hall–Kier alpha value is -2.30.